The van der Waals surface area contributed by atoms with Crippen molar-refractivity contribution >= 4 is 23.4 Å². The molecule has 108 valence electrons. The Morgan fingerprint density at radius 2 is 2.20 bits per heavy atom. The summed E-state index contributed by atoms with van der Waals surface area (Å²) in [4.78, 5) is 23.2. The Labute approximate surface area is 121 Å². The van der Waals surface area contributed by atoms with Crippen LogP contribution in [0.5, 0.6) is 0 Å². The molecule has 0 saturated heterocycles. The molecule has 0 aliphatic heterocycles. The van der Waals surface area contributed by atoms with Crippen LogP contribution in [0.25, 0.3) is 0 Å². The molecule has 20 heavy (non-hydrogen) atoms. The molecule has 0 spiro atoms. The third kappa shape index (κ3) is 5.28. The van der Waals surface area contributed by atoms with E-state index in [0.29, 0.717) is 10.4 Å². The van der Waals surface area contributed by atoms with E-state index >= 15 is 0 Å². The van der Waals surface area contributed by atoms with Crippen LogP contribution in [-0.4, -0.2) is 28.8 Å². The third-order valence-electron chi connectivity index (χ3n) is 2.19. The van der Waals surface area contributed by atoms with Gasteiger partial charge < -0.3 is 15.2 Å². The minimum Gasteiger partial charge on any atom is -0.480 e. The van der Waals surface area contributed by atoms with E-state index in [-0.39, 0.29) is 6.42 Å². The lowest BCUT2D eigenvalue weighted by molar-refractivity contribution is -0.139. The first-order valence-electron chi connectivity index (χ1n) is 5.91. The molecule has 0 aliphatic rings. The summed E-state index contributed by atoms with van der Waals surface area (Å²) >= 11 is 1.23. The largest absolute Gasteiger partial charge is 0.480 e. The first kappa shape index (κ1) is 16.0. The van der Waals surface area contributed by atoms with Gasteiger partial charge in [0.2, 0.25) is 0 Å². The monoisotopic (exact) mass is 296 g/mol. The first-order valence-corrected chi connectivity index (χ1v) is 6.79. The SMILES string of the molecule is CC(C)(C)OC(=O)NC(Cc1csc(C#N)c1)C(=O)O. The van der Waals surface area contributed by atoms with Crippen molar-refractivity contribution in [3.8, 4) is 6.07 Å². The number of carbonyl (C=O) groups is 2. The molecule has 0 fully saturated rings. The van der Waals surface area contributed by atoms with Crippen LogP contribution in [0, 0.1) is 11.3 Å². The quantitative estimate of drug-likeness (QED) is 0.886. The fourth-order valence-corrected chi connectivity index (χ4v) is 2.14. The van der Waals surface area contributed by atoms with Crippen molar-refractivity contribution in [3.05, 3.63) is 21.9 Å². The van der Waals surface area contributed by atoms with Gasteiger partial charge in [-0.2, -0.15) is 5.26 Å². The second kappa shape index (κ2) is 6.39. The van der Waals surface area contributed by atoms with E-state index in [1.54, 1.807) is 32.2 Å². The molecular formula is C13H16N2O4S. The molecule has 6 nitrogen and oxygen atoms in total. The highest BCUT2D eigenvalue weighted by molar-refractivity contribution is 7.10. The average Bonchev–Trinajstić information content (AvgIpc) is 2.73. The van der Waals surface area contributed by atoms with Crippen LogP contribution in [-0.2, 0) is 16.0 Å². The Balaban J connectivity index is 2.68. The fourth-order valence-electron chi connectivity index (χ4n) is 1.43. The van der Waals surface area contributed by atoms with Gasteiger partial charge in [0.05, 0.1) is 0 Å². The molecule has 0 saturated carbocycles. The fraction of sp³-hybridized carbons (Fsp3) is 0.462. The minimum atomic E-state index is -1.15. The summed E-state index contributed by atoms with van der Waals surface area (Å²) in [5, 5.41) is 21.8. The number of nitrogens with zero attached hydrogens (tertiary/aromatic N) is 1. The highest BCUT2D eigenvalue weighted by Crippen LogP contribution is 2.15. The zero-order valence-corrected chi connectivity index (χ0v) is 12.3. The predicted octanol–water partition coefficient (Wildman–Crippen LogP) is 2.14. The van der Waals surface area contributed by atoms with E-state index in [0.717, 1.165) is 0 Å². The molecular weight excluding hydrogens is 280 g/mol. The lowest BCUT2D eigenvalue weighted by Crippen LogP contribution is -2.44. The van der Waals surface area contributed by atoms with Gasteiger partial charge in [-0.1, -0.05) is 0 Å². The number of nitrogens with one attached hydrogen (secondary N) is 1. The Bertz CT molecular complexity index is 539. The van der Waals surface area contributed by atoms with Gasteiger partial charge in [0, 0.05) is 6.42 Å². The van der Waals surface area contributed by atoms with Crippen molar-refractivity contribution in [2.45, 2.75) is 38.8 Å². The van der Waals surface area contributed by atoms with Crippen molar-refractivity contribution in [2.24, 2.45) is 0 Å². The topological polar surface area (TPSA) is 99.4 Å². The number of hydrogen-bond acceptors (Lipinski definition) is 5. The normalized spacial score (nSPS) is 12.3. The maximum Gasteiger partial charge on any atom is 0.408 e. The van der Waals surface area contributed by atoms with Gasteiger partial charge in [-0.25, -0.2) is 9.59 Å². The maximum absolute atomic E-state index is 11.6. The Hall–Kier alpha value is -2.07. The van der Waals surface area contributed by atoms with Gasteiger partial charge in [0.15, 0.2) is 0 Å². The number of amides is 1. The number of carboxylic acids is 1. The molecule has 1 unspecified atom stereocenters. The number of rotatable bonds is 4. The molecule has 7 heteroatoms. The minimum absolute atomic E-state index is 0.104. The van der Waals surface area contributed by atoms with Crippen LogP contribution in [0.2, 0.25) is 0 Å². The zero-order valence-electron chi connectivity index (χ0n) is 11.5. The second-order valence-electron chi connectivity index (χ2n) is 5.17. The van der Waals surface area contributed by atoms with E-state index in [1.165, 1.54) is 11.3 Å². The number of hydrogen-bond donors (Lipinski definition) is 2. The molecule has 1 amide bonds. The van der Waals surface area contributed by atoms with Crippen molar-refractivity contribution < 1.29 is 19.4 Å². The summed E-state index contributed by atoms with van der Waals surface area (Å²) in [6.45, 7) is 5.08. The van der Waals surface area contributed by atoms with Gasteiger partial charge in [0.1, 0.15) is 22.6 Å². The number of ether oxygens (including phenoxy) is 1. The highest BCUT2D eigenvalue weighted by atomic mass is 32.1. The number of aliphatic carboxylic acids is 1. The van der Waals surface area contributed by atoms with Gasteiger partial charge in [0.25, 0.3) is 0 Å². The standard InChI is InChI=1S/C13H16N2O4S/c1-13(2,3)19-12(18)15-10(11(16)17)5-8-4-9(6-14)20-7-8/h4,7,10H,5H2,1-3H3,(H,15,18)(H,16,17). The summed E-state index contributed by atoms with van der Waals surface area (Å²) in [6, 6.07) is 2.50. The molecule has 1 rings (SSSR count). The molecule has 0 aromatic carbocycles. The number of thiophene rings is 1. The van der Waals surface area contributed by atoms with Crippen LogP contribution in [0.15, 0.2) is 11.4 Å². The van der Waals surface area contributed by atoms with Crippen LogP contribution < -0.4 is 5.32 Å². The molecule has 0 radical (unpaired) electrons. The number of carboxylic acid groups (broad SMARTS) is 1. The van der Waals surface area contributed by atoms with Crippen molar-refractivity contribution in [1.82, 2.24) is 5.32 Å². The van der Waals surface area contributed by atoms with Gasteiger partial charge >= 0.3 is 12.1 Å². The molecule has 1 aromatic heterocycles. The van der Waals surface area contributed by atoms with Crippen LogP contribution >= 0.6 is 11.3 Å². The zero-order chi connectivity index (χ0) is 15.3. The maximum atomic E-state index is 11.6. The Morgan fingerprint density at radius 3 is 2.65 bits per heavy atom. The predicted molar refractivity (Wildman–Crippen MR) is 73.5 cm³/mol. The first-order chi connectivity index (χ1) is 9.21. The van der Waals surface area contributed by atoms with Crippen LogP contribution in [0.3, 0.4) is 0 Å². The summed E-state index contributed by atoms with van der Waals surface area (Å²) < 4.78 is 5.02. The van der Waals surface area contributed by atoms with Gasteiger partial charge in [-0.15, -0.1) is 11.3 Å². The summed E-state index contributed by atoms with van der Waals surface area (Å²) in [6.07, 6.45) is -0.673. The van der Waals surface area contributed by atoms with Gasteiger partial charge in [-0.05, 0) is 37.8 Å². The average molecular weight is 296 g/mol. The molecule has 2 N–H and O–H groups in total. The lowest BCUT2D eigenvalue weighted by Gasteiger charge is -2.21. The molecule has 1 heterocycles. The molecule has 1 aromatic rings. The van der Waals surface area contributed by atoms with E-state index < -0.39 is 23.7 Å². The van der Waals surface area contributed by atoms with Gasteiger partial charge in [-0.3, -0.25) is 0 Å². The van der Waals surface area contributed by atoms with Crippen molar-refractivity contribution in [2.75, 3.05) is 0 Å². The van der Waals surface area contributed by atoms with Crippen LogP contribution in [0.4, 0.5) is 4.79 Å². The molecule has 0 bridgehead atoms. The lowest BCUT2D eigenvalue weighted by atomic mass is 10.1. The molecule has 0 aliphatic carbocycles. The summed E-state index contributed by atoms with van der Waals surface area (Å²) in [5.74, 6) is -1.15. The summed E-state index contributed by atoms with van der Waals surface area (Å²) in [7, 11) is 0. The van der Waals surface area contributed by atoms with Crippen molar-refractivity contribution in [3.63, 3.8) is 0 Å². The molecule has 1 atom stereocenters. The second-order valence-corrected chi connectivity index (χ2v) is 6.08. The van der Waals surface area contributed by atoms with E-state index in [9.17, 15) is 9.59 Å². The van der Waals surface area contributed by atoms with E-state index in [1.807, 2.05) is 6.07 Å². The number of alkyl carbamates (subject to hydrolysis) is 1. The van der Waals surface area contributed by atoms with Crippen molar-refractivity contribution in [1.29, 1.82) is 5.26 Å². The smallest absolute Gasteiger partial charge is 0.408 e. The van der Waals surface area contributed by atoms with Crippen LogP contribution in [0.1, 0.15) is 31.2 Å². The third-order valence-corrected chi connectivity index (χ3v) is 3.08. The van der Waals surface area contributed by atoms with E-state index in [4.69, 9.17) is 15.1 Å². The number of carbonyl (C=O) groups excluding carboxylic acids is 1. The summed E-state index contributed by atoms with van der Waals surface area (Å²) in [5.41, 5.74) is -0.00115. The number of nitriles is 1. The Morgan fingerprint density at radius 1 is 1.55 bits per heavy atom. The van der Waals surface area contributed by atoms with E-state index in [2.05, 4.69) is 5.32 Å². The Kier molecular flexibility index (Phi) is 5.11. The highest BCUT2D eigenvalue weighted by Gasteiger charge is 2.24.